The number of carbonyl (C=O) groups excluding carboxylic acids is 1. The highest BCUT2D eigenvalue weighted by molar-refractivity contribution is 5.84. The third-order valence-corrected chi connectivity index (χ3v) is 4.61. The van der Waals surface area contributed by atoms with E-state index < -0.39 is 31.0 Å². The number of hydrogen-bond donors (Lipinski definition) is 3. The number of nitrogens with one attached hydrogen (secondary N) is 1. The van der Waals surface area contributed by atoms with E-state index in [2.05, 4.69) is 28.5 Å². The molecule has 13 heteroatoms. The molecule has 0 aliphatic carbocycles. The van der Waals surface area contributed by atoms with Gasteiger partial charge in [0.2, 0.25) is 0 Å². The zero-order valence-corrected chi connectivity index (χ0v) is 16.3. The molecule has 1 amide bonds. The minimum atomic E-state index is -4.98. The Balaban J connectivity index is 1.74. The molecular formula is C18H21F3N6O4. The Morgan fingerprint density at radius 3 is 2.97 bits per heavy atom. The summed E-state index contributed by atoms with van der Waals surface area (Å²) in [6, 6.07) is 2.66. The molecule has 1 unspecified atom stereocenters. The normalized spacial score (nSPS) is 22.6. The summed E-state index contributed by atoms with van der Waals surface area (Å²) in [5, 5.41) is 11.3. The van der Waals surface area contributed by atoms with E-state index in [1.165, 1.54) is 11.2 Å². The van der Waals surface area contributed by atoms with E-state index in [4.69, 9.17) is 15.2 Å². The number of carbonyl (C=O) groups is 1. The number of amides is 1. The predicted molar refractivity (Wildman–Crippen MR) is 103 cm³/mol. The fourth-order valence-corrected chi connectivity index (χ4v) is 3.24. The number of halogens is 3. The summed E-state index contributed by atoms with van der Waals surface area (Å²) in [6.07, 6.45) is -3.13. The van der Waals surface area contributed by atoms with Crippen LogP contribution in [0.4, 0.5) is 30.5 Å². The van der Waals surface area contributed by atoms with Gasteiger partial charge in [-0.05, 0) is 0 Å². The summed E-state index contributed by atoms with van der Waals surface area (Å²) < 4.78 is 48.3. The maximum atomic E-state index is 12.3. The van der Waals surface area contributed by atoms with Crippen LogP contribution in [-0.4, -0.2) is 72.0 Å². The monoisotopic (exact) mass is 442 g/mol. The number of anilines is 3. The number of fused-ring (bicyclic) bond motifs is 1. The minimum absolute atomic E-state index is 0.122. The fraction of sp³-hybridized carbons (Fsp3) is 0.500. The lowest BCUT2D eigenvalue weighted by molar-refractivity contribution is -0.173. The van der Waals surface area contributed by atoms with Gasteiger partial charge in [0.05, 0.1) is 25.9 Å². The quantitative estimate of drug-likeness (QED) is 0.411. The van der Waals surface area contributed by atoms with E-state index >= 15 is 0 Å². The molecule has 0 saturated carbocycles. The number of alkyl halides is 3. The number of rotatable bonds is 6. The highest BCUT2D eigenvalue weighted by atomic mass is 19.4. The van der Waals surface area contributed by atoms with Gasteiger partial charge in [0, 0.05) is 12.5 Å². The Morgan fingerprint density at radius 1 is 1.52 bits per heavy atom. The van der Waals surface area contributed by atoms with E-state index in [0.717, 1.165) is 0 Å². The lowest BCUT2D eigenvalue weighted by Crippen LogP contribution is -2.38. The van der Waals surface area contributed by atoms with Crippen molar-refractivity contribution >= 4 is 23.2 Å². The number of nitrogen functional groups attached to an aromatic ring is 1. The van der Waals surface area contributed by atoms with Crippen LogP contribution < -0.4 is 20.9 Å². The van der Waals surface area contributed by atoms with Crippen LogP contribution in [0.15, 0.2) is 19.0 Å². The molecule has 10 nitrogen and oxygen atoms in total. The second kappa shape index (κ2) is 9.38. The molecule has 31 heavy (non-hydrogen) atoms. The van der Waals surface area contributed by atoms with Crippen molar-refractivity contribution in [3.8, 4) is 12.0 Å². The van der Waals surface area contributed by atoms with Crippen molar-refractivity contribution in [1.29, 1.82) is 0 Å². The molecule has 3 atom stereocenters. The second-order valence-corrected chi connectivity index (χ2v) is 6.65. The molecule has 2 aliphatic heterocycles. The highest BCUT2D eigenvalue weighted by Crippen LogP contribution is 2.40. The smallest absolute Gasteiger partial charge is 0.394 e. The Kier molecular flexibility index (Phi) is 6.84. The third-order valence-electron chi connectivity index (χ3n) is 4.61. The van der Waals surface area contributed by atoms with Crippen LogP contribution in [0.1, 0.15) is 6.42 Å². The number of aromatic nitrogens is 2. The van der Waals surface area contributed by atoms with Gasteiger partial charge in [-0.15, -0.1) is 6.58 Å². The average molecular weight is 442 g/mol. The molecule has 1 saturated heterocycles. The molecule has 0 spiro atoms. The summed E-state index contributed by atoms with van der Waals surface area (Å²) in [4.78, 5) is 22.3. The summed E-state index contributed by atoms with van der Waals surface area (Å²) in [6.45, 7) is 3.27. The number of ether oxygens (including phenoxy) is 2. The Morgan fingerprint density at radius 2 is 2.29 bits per heavy atom. The van der Waals surface area contributed by atoms with Crippen molar-refractivity contribution in [3.63, 3.8) is 0 Å². The molecule has 3 rings (SSSR count). The SMILES string of the molecule is C=CCOC1C[C@H](N2CN(C#CCNC(=O)C(F)(F)F)c3c(N)ncnc32)O[C@@H]1CO. The first kappa shape index (κ1) is 22.6. The molecule has 168 valence electrons. The third kappa shape index (κ3) is 4.98. The molecule has 2 aliphatic rings. The van der Waals surface area contributed by atoms with Gasteiger partial charge in [0.15, 0.2) is 11.6 Å². The summed E-state index contributed by atoms with van der Waals surface area (Å²) in [5.41, 5.74) is 6.33. The van der Waals surface area contributed by atoms with E-state index in [-0.39, 0.29) is 25.2 Å². The molecule has 3 heterocycles. The van der Waals surface area contributed by atoms with Crippen molar-refractivity contribution in [2.24, 2.45) is 0 Å². The zero-order valence-electron chi connectivity index (χ0n) is 16.3. The first-order chi connectivity index (χ1) is 14.8. The van der Waals surface area contributed by atoms with Crippen LogP contribution in [0, 0.1) is 12.0 Å². The average Bonchev–Trinajstić information content (AvgIpc) is 3.30. The molecule has 0 aromatic carbocycles. The first-order valence-corrected chi connectivity index (χ1v) is 9.23. The lowest BCUT2D eigenvalue weighted by atomic mass is 10.2. The topological polar surface area (TPSA) is 126 Å². The summed E-state index contributed by atoms with van der Waals surface area (Å²) >= 11 is 0. The predicted octanol–water partition coefficient (Wildman–Crippen LogP) is -0.0394. The van der Waals surface area contributed by atoms with Gasteiger partial charge in [-0.25, -0.2) is 9.97 Å². The van der Waals surface area contributed by atoms with Crippen molar-refractivity contribution in [3.05, 3.63) is 19.0 Å². The van der Waals surface area contributed by atoms with Crippen molar-refractivity contribution < 1.29 is 32.5 Å². The number of aliphatic hydroxyl groups excluding tert-OH is 1. The maximum Gasteiger partial charge on any atom is 0.471 e. The number of nitrogens with zero attached hydrogens (tertiary/aromatic N) is 4. The van der Waals surface area contributed by atoms with Crippen molar-refractivity contribution in [2.75, 3.05) is 42.0 Å². The Bertz CT molecular complexity index is 887. The van der Waals surface area contributed by atoms with E-state index in [1.807, 2.05) is 0 Å². The van der Waals surface area contributed by atoms with Gasteiger partial charge in [-0.2, -0.15) is 13.2 Å². The van der Waals surface area contributed by atoms with E-state index in [9.17, 15) is 23.1 Å². The standard InChI is InChI=1S/C18H21F3N6O4/c1-2-6-30-11-7-13(31-12(11)8-28)27-10-26(14-15(22)24-9-25-16(14)27)5-3-4-23-17(29)18(19,20)21/h2,9,11-13,28H,1,4,6-8,10H2,(H,23,29)(H2,22,24,25)/t11?,12-,13-/m1/s1. The van der Waals surface area contributed by atoms with Gasteiger partial charge in [-0.3, -0.25) is 9.69 Å². The molecule has 0 radical (unpaired) electrons. The highest BCUT2D eigenvalue weighted by Gasteiger charge is 2.43. The van der Waals surface area contributed by atoms with E-state index in [0.29, 0.717) is 24.5 Å². The fourth-order valence-electron chi connectivity index (χ4n) is 3.24. The first-order valence-electron chi connectivity index (χ1n) is 9.23. The molecule has 1 aromatic rings. The van der Waals surface area contributed by atoms with Crippen molar-refractivity contribution in [2.45, 2.75) is 31.0 Å². The Hall–Kier alpha value is -3.08. The number of nitrogens with two attached hydrogens (primary N) is 1. The van der Waals surface area contributed by atoms with Crippen LogP contribution in [0.2, 0.25) is 0 Å². The van der Waals surface area contributed by atoms with Gasteiger partial charge in [0.1, 0.15) is 31.0 Å². The van der Waals surface area contributed by atoms with Crippen LogP contribution in [0.3, 0.4) is 0 Å². The van der Waals surface area contributed by atoms with Crippen LogP contribution in [0.5, 0.6) is 0 Å². The largest absolute Gasteiger partial charge is 0.471 e. The molecule has 1 fully saturated rings. The van der Waals surface area contributed by atoms with Gasteiger partial charge >= 0.3 is 12.1 Å². The van der Waals surface area contributed by atoms with Gasteiger partial charge in [0.25, 0.3) is 0 Å². The van der Waals surface area contributed by atoms with Gasteiger partial charge < -0.3 is 30.5 Å². The second-order valence-electron chi connectivity index (χ2n) is 6.65. The molecule has 1 aromatic heterocycles. The van der Waals surface area contributed by atoms with Crippen LogP contribution >= 0.6 is 0 Å². The van der Waals surface area contributed by atoms with Crippen LogP contribution in [0.25, 0.3) is 0 Å². The molecule has 4 N–H and O–H groups in total. The number of hydrogen-bond acceptors (Lipinski definition) is 9. The minimum Gasteiger partial charge on any atom is -0.394 e. The van der Waals surface area contributed by atoms with Crippen molar-refractivity contribution in [1.82, 2.24) is 15.3 Å². The summed E-state index contributed by atoms with van der Waals surface area (Å²) in [7, 11) is 0. The Labute approximate surface area is 175 Å². The molecule has 0 bridgehead atoms. The maximum absolute atomic E-state index is 12.3. The van der Waals surface area contributed by atoms with Gasteiger partial charge in [-0.1, -0.05) is 12.0 Å². The lowest BCUT2D eigenvalue weighted by Gasteiger charge is -2.24. The van der Waals surface area contributed by atoms with E-state index in [1.54, 1.807) is 16.3 Å². The van der Waals surface area contributed by atoms with Crippen LogP contribution in [-0.2, 0) is 14.3 Å². The number of aliphatic hydroxyl groups is 1. The molecular weight excluding hydrogens is 421 g/mol. The summed E-state index contributed by atoms with van der Waals surface area (Å²) in [5.74, 6) is 0.926. The zero-order chi connectivity index (χ0) is 22.6.